The highest BCUT2D eigenvalue weighted by Crippen LogP contribution is 2.29. The van der Waals surface area contributed by atoms with Gasteiger partial charge in [-0.15, -0.1) is 0 Å². The molecule has 0 aliphatic carbocycles. The highest BCUT2D eigenvalue weighted by Gasteiger charge is 2.16. The minimum Gasteiger partial charge on any atom is -0.355 e. The number of aromatic nitrogens is 2. The van der Waals surface area contributed by atoms with Gasteiger partial charge in [-0.3, -0.25) is 14.8 Å². The monoisotopic (exact) mass is 263 g/mol. The summed E-state index contributed by atoms with van der Waals surface area (Å²) in [5, 5.41) is 3.57. The standard InChI is InChI=1S/C16H13N3O/c1-17-16(20)12-10-19-13-7-3-2-6-11(13)15(12)14-8-4-5-9-18-14/h2-10H,1H3,(H,17,20). The maximum absolute atomic E-state index is 12.1. The van der Waals surface area contributed by atoms with Crippen molar-refractivity contribution in [1.82, 2.24) is 15.3 Å². The van der Waals surface area contributed by atoms with Crippen LogP contribution in [0.3, 0.4) is 0 Å². The minimum atomic E-state index is -0.163. The smallest absolute Gasteiger partial charge is 0.253 e. The molecule has 3 rings (SSSR count). The van der Waals surface area contributed by atoms with Crippen LogP contribution in [0.25, 0.3) is 22.2 Å². The van der Waals surface area contributed by atoms with Gasteiger partial charge >= 0.3 is 0 Å². The summed E-state index contributed by atoms with van der Waals surface area (Å²) in [6.45, 7) is 0. The molecular formula is C16H13N3O. The lowest BCUT2D eigenvalue weighted by atomic mass is 9.99. The summed E-state index contributed by atoms with van der Waals surface area (Å²) in [4.78, 5) is 20.8. The van der Waals surface area contributed by atoms with Crippen molar-refractivity contribution in [2.75, 3.05) is 7.05 Å². The van der Waals surface area contributed by atoms with Gasteiger partial charge in [0.15, 0.2) is 0 Å². The number of para-hydroxylation sites is 1. The number of nitrogens with zero attached hydrogens (tertiary/aromatic N) is 2. The van der Waals surface area contributed by atoms with Gasteiger partial charge in [-0.05, 0) is 18.2 Å². The van der Waals surface area contributed by atoms with E-state index in [1.165, 1.54) is 0 Å². The van der Waals surface area contributed by atoms with Crippen LogP contribution in [0.5, 0.6) is 0 Å². The second kappa shape index (κ2) is 5.09. The van der Waals surface area contributed by atoms with Crippen LogP contribution in [0.4, 0.5) is 0 Å². The maximum atomic E-state index is 12.1. The number of fused-ring (bicyclic) bond motifs is 1. The first-order valence-corrected chi connectivity index (χ1v) is 6.32. The molecule has 3 aromatic rings. The topological polar surface area (TPSA) is 54.9 Å². The van der Waals surface area contributed by atoms with Crippen molar-refractivity contribution in [3.05, 3.63) is 60.4 Å². The van der Waals surface area contributed by atoms with Gasteiger partial charge in [0.2, 0.25) is 0 Å². The Kier molecular flexibility index (Phi) is 3.13. The number of carbonyl (C=O) groups excluding carboxylic acids is 1. The predicted octanol–water partition coefficient (Wildman–Crippen LogP) is 2.66. The lowest BCUT2D eigenvalue weighted by molar-refractivity contribution is 0.0963. The number of nitrogens with one attached hydrogen (secondary N) is 1. The van der Waals surface area contributed by atoms with Gasteiger partial charge in [0.1, 0.15) is 0 Å². The first kappa shape index (κ1) is 12.3. The van der Waals surface area contributed by atoms with E-state index in [9.17, 15) is 4.79 Å². The summed E-state index contributed by atoms with van der Waals surface area (Å²) in [6.07, 6.45) is 3.32. The Bertz CT molecular complexity index is 769. The van der Waals surface area contributed by atoms with Gasteiger partial charge in [-0.25, -0.2) is 0 Å². The number of pyridine rings is 2. The number of amides is 1. The number of hydrogen-bond acceptors (Lipinski definition) is 3. The second-order valence-electron chi connectivity index (χ2n) is 4.36. The van der Waals surface area contributed by atoms with Crippen molar-refractivity contribution in [1.29, 1.82) is 0 Å². The van der Waals surface area contributed by atoms with Gasteiger partial charge in [0.25, 0.3) is 5.91 Å². The van der Waals surface area contributed by atoms with E-state index >= 15 is 0 Å². The molecule has 0 aliphatic heterocycles. The predicted molar refractivity (Wildman–Crippen MR) is 78.4 cm³/mol. The molecular weight excluding hydrogens is 250 g/mol. The van der Waals surface area contributed by atoms with Gasteiger partial charge < -0.3 is 5.32 Å². The average molecular weight is 263 g/mol. The molecule has 4 nitrogen and oxygen atoms in total. The highest BCUT2D eigenvalue weighted by atomic mass is 16.1. The third-order valence-electron chi connectivity index (χ3n) is 3.17. The third kappa shape index (κ3) is 2.01. The summed E-state index contributed by atoms with van der Waals surface area (Å²) in [6, 6.07) is 13.4. The van der Waals surface area contributed by atoms with Crippen molar-refractivity contribution in [3.63, 3.8) is 0 Å². The van der Waals surface area contributed by atoms with Crippen LogP contribution in [0.2, 0.25) is 0 Å². The molecule has 1 amide bonds. The number of rotatable bonds is 2. The summed E-state index contributed by atoms with van der Waals surface area (Å²) in [5.74, 6) is -0.163. The van der Waals surface area contributed by atoms with Gasteiger partial charge in [-0.2, -0.15) is 0 Å². The third-order valence-corrected chi connectivity index (χ3v) is 3.17. The molecule has 2 aromatic heterocycles. The molecule has 2 heterocycles. The first-order valence-electron chi connectivity index (χ1n) is 6.32. The van der Waals surface area contributed by atoms with Crippen molar-refractivity contribution in [2.24, 2.45) is 0 Å². The molecule has 0 radical (unpaired) electrons. The molecule has 0 spiro atoms. The molecule has 0 atom stereocenters. The second-order valence-corrected chi connectivity index (χ2v) is 4.36. The van der Waals surface area contributed by atoms with Crippen molar-refractivity contribution in [3.8, 4) is 11.3 Å². The zero-order valence-electron chi connectivity index (χ0n) is 11.0. The van der Waals surface area contributed by atoms with Crippen LogP contribution in [0.15, 0.2) is 54.9 Å². The first-order chi connectivity index (χ1) is 9.81. The lowest BCUT2D eigenvalue weighted by Crippen LogP contribution is -2.19. The molecule has 0 unspecified atom stereocenters. The van der Waals surface area contributed by atoms with Crippen molar-refractivity contribution >= 4 is 16.8 Å². The van der Waals surface area contributed by atoms with Crippen LogP contribution in [0, 0.1) is 0 Å². The van der Waals surface area contributed by atoms with Crippen LogP contribution in [0.1, 0.15) is 10.4 Å². The lowest BCUT2D eigenvalue weighted by Gasteiger charge is -2.11. The number of carbonyl (C=O) groups is 1. The van der Waals surface area contributed by atoms with Gasteiger partial charge in [-0.1, -0.05) is 24.3 Å². The molecule has 0 aliphatic rings. The molecule has 20 heavy (non-hydrogen) atoms. The van der Waals surface area contributed by atoms with Crippen LogP contribution < -0.4 is 5.32 Å². The average Bonchev–Trinajstić information content (AvgIpc) is 2.53. The van der Waals surface area contributed by atoms with E-state index in [-0.39, 0.29) is 5.91 Å². The SMILES string of the molecule is CNC(=O)c1cnc2ccccc2c1-c1ccccn1. The molecule has 0 saturated heterocycles. The van der Waals surface area contributed by atoms with E-state index < -0.39 is 0 Å². The van der Waals surface area contributed by atoms with Crippen molar-refractivity contribution in [2.45, 2.75) is 0 Å². The molecule has 1 aromatic carbocycles. The quantitative estimate of drug-likeness (QED) is 0.773. The Labute approximate surface area is 116 Å². The number of hydrogen-bond donors (Lipinski definition) is 1. The van der Waals surface area contributed by atoms with E-state index in [1.807, 2.05) is 42.5 Å². The Morgan fingerprint density at radius 1 is 1.05 bits per heavy atom. The van der Waals surface area contributed by atoms with E-state index in [1.54, 1.807) is 19.4 Å². The maximum Gasteiger partial charge on any atom is 0.253 e. The van der Waals surface area contributed by atoms with Gasteiger partial charge in [0, 0.05) is 30.4 Å². The Morgan fingerprint density at radius 3 is 2.60 bits per heavy atom. The van der Waals surface area contributed by atoms with Crippen molar-refractivity contribution < 1.29 is 4.79 Å². The van der Waals surface area contributed by atoms with Crippen LogP contribution >= 0.6 is 0 Å². The zero-order chi connectivity index (χ0) is 13.9. The Morgan fingerprint density at radius 2 is 1.85 bits per heavy atom. The molecule has 98 valence electrons. The zero-order valence-corrected chi connectivity index (χ0v) is 11.0. The molecule has 4 heteroatoms. The summed E-state index contributed by atoms with van der Waals surface area (Å²) < 4.78 is 0. The number of benzene rings is 1. The molecule has 0 bridgehead atoms. The summed E-state index contributed by atoms with van der Waals surface area (Å²) in [7, 11) is 1.61. The van der Waals surface area contributed by atoms with E-state index in [0.29, 0.717) is 5.56 Å². The fraction of sp³-hybridized carbons (Fsp3) is 0.0625. The summed E-state index contributed by atoms with van der Waals surface area (Å²) >= 11 is 0. The fourth-order valence-electron chi connectivity index (χ4n) is 2.23. The largest absolute Gasteiger partial charge is 0.355 e. The normalized spacial score (nSPS) is 10.4. The van der Waals surface area contributed by atoms with E-state index in [2.05, 4.69) is 15.3 Å². The highest BCUT2D eigenvalue weighted by molar-refractivity contribution is 6.07. The van der Waals surface area contributed by atoms with E-state index in [4.69, 9.17) is 0 Å². The Hall–Kier alpha value is -2.75. The molecule has 0 fully saturated rings. The molecule has 0 saturated carbocycles. The summed E-state index contributed by atoms with van der Waals surface area (Å²) in [5.41, 5.74) is 2.96. The Balaban J connectivity index is 2.38. The van der Waals surface area contributed by atoms with E-state index in [0.717, 1.165) is 22.2 Å². The minimum absolute atomic E-state index is 0.163. The fourth-order valence-corrected chi connectivity index (χ4v) is 2.23. The van der Waals surface area contributed by atoms with Gasteiger partial charge in [0.05, 0.1) is 16.8 Å². The van der Waals surface area contributed by atoms with Crippen LogP contribution in [-0.2, 0) is 0 Å². The van der Waals surface area contributed by atoms with Crippen LogP contribution in [-0.4, -0.2) is 22.9 Å². The molecule has 1 N–H and O–H groups in total.